The van der Waals surface area contributed by atoms with Gasteiger partial charge in [0, 0.05) is 0 Å². The van der Waals surface area contributed by atoms with Gasteiger partial charge in [-0.25, -0.2) is 0 Å². The van der Waals surface area contributed by atoms with Gasteiger partial charge in [0.15, 0.2) is 0 Å². The van der Waals surface area contributed by atoms with Crippen LogP contribution in [0, 0.1) is 0 Å². The van der Waals surface area contributed by atoms with Gasteiger partial charge >= 0.3 is 158 Å². The Labute approximate surface area is 157 Å². The molecule has 0 fully saturated rings. The van der Waals surface area contributed by atoms with Crippen LogP contribution in [0.5, 0.6) is 0 Å². The fourth-order valence-electron chi connectivity index (χ4n) is 2.82. The number of aromatic nitrogens is 2. The van der Waals surface area contributed by atoms with E-state index >= 15 is 0 Å². The molecule has 2 heterocycles. The van der Waals surface area contributed by atoms with Crippen molar-refractivity contribution in [2.45, 2.75) is 0 Å². The zero-order valence-electron chi connectivity index (χ0n) is 13.6. The van der Waals surface area contributed by atoms with E-state index in [-0.39, 0.29) is 0 Å². The summed E-state index contributed by atoms with van der Waals surface area (Å²) in [5.74, 6) is 0. The van der Waals surface area contributed by atoms with E-state index in [9.17, 15) is 0 Å². The number of hydrogen-bond acceptors (Lipinski definition) is 2. The third-order valence-corrected chi connectivity index (χ3v) is 8.03. The monoisotopic (exact) mass is 428 g/mol. The number of benzene rings is 2. The molecule has 25 heavy (non-hydrogen) atoms. The minimum atomic E-state index is -0.997. The van der Waals surface area contributed by atoms with E-state index in [1.807, 2.05) is 36.7 Å². The van der Waals surface area contributed by atoms with Gasteiger partial charge in [-0.2, -0.15) is 0 Å². The first kappa shape index (κ1) is 16.0. The van der Waals surface area contributed by atoms with Crippen molar-refractivity contribution in [2.24, 2.45) is 0 Å². The van der Waals surface area contributed by atoms with Crippen LogP contribution in [-0.4, -0.2) is 31.1 Å². The van der Waals surface area contributed by atoms with Crippen molar-refractivity contribution >= 4 is 28.3 Å². The van der Waals surface area contributed by atoms with Gasteiger partial charge in [-0.1, -0.05) is 0 Å². The molecule has 2 nitrogen and oxygen atoms in total. The van der Waals surface area contributed by atoms with Crippen molar-refractivity contribution in [1.82, 2.24) is 9.97 Å². The van der Waals surface area contributed by atoms with E-state index in [0.717, 1.165) is 11.4 Å². The fourth-order valence-corrected chi connectivity index (χ4v) is 6.65. The average Bonchev–Trinajstić information content (AvgIpc) is 2.70. The maximum absolute atomic E-state index is 4.55. The predicted molar refractivity (Wildman–Crippen MR) is 104 cm³/mol. The quantitative estimate of drug-likeness (QED) is 0.467. The summed E-state index contributed by atoms with van der Waals surface area (Å²) in [6.07, 6.45) is 3.72. The van der Waals surface area contributed by atoms with Gasteiger partial charge in [0.1, 0.15) is 0 Å². The van der Waals surface area contributed by atoms with Crippen molar-refractivity contribution in [3.05, 3.63) is 97.3 Å². The molecule has 0 aliphatic rings. The Bertz CT molecular complexity index is 888. The van der Waals surface area contributed by atoms with Gasteiger partial charge in [0.05, 0.1) is 0 Å². The molecule has 118 valence electrons. The van der Waals surface area contributed by atoms with Crippen molar-refractivity contribution in [2.75, 3.05) is 0 Å². The Morgan fingerprint density at radius 2 is 0.920 bits per heavy atom. The summed E-state index contributed by atoms with van der Waals surface area (Å²) in [6.45, 7) is 0. The third kappa shape index (κ3) is 3.64. The molecular formula is C22H16N2Sn. The Morgan fingerprint density at radius 1 is 0.480 bits per heavy atom. The van der Waals surface area contributed by atoms with E-state index in [1.54, 1.807) is 0 Å². The molecule has 0 aliphatic carbocycles. The van der Waals surface area contributed by atoms with Crippen molar-refractivity contribution in [3.8, 4) is 22.5 Å². The first-order chi connectivity index (χ1) is 12.4. The minimum absolute atomic E-state index is 0.997. The predicted octanol–water partition coefficient (Wildman–Crippen LogP) is 3.47. The van der Waals surface area contributed by atoms with Crippen molar-refractivity contribution in [1.29, 1.82) is 0 Å². The number of rotatable bonds is 4. The maximum atomic E-state index is 4.55. The van der Waals surface area contributed by atoms with Crippen LogP contribution >= 0.6 is 0 Å². The van der Waals surface area contributed by atoms with Gasteiger partial charge in [-0.15, -0.1) is 0 Å². The molecule has 2 aromatic heterocycles. The summed E-state index contributed by atoms with van der Waals surface area (Å²) in [6, 6.07) is 29.5. The normalized spacial score (nSPS) is 10.6. The van der Waals surface area contributed by atoms with Gasteiger partial charge < -0.3 is 0 Å². The van der Waals surface area contributed by atoms with E-state index in [1.165, 1.54) is 18.3 Å². The Kier molecular flexibility index (Phi) is 4.88. The van der Waals surface area contributed by atoms with Crippen LogP contribution < -0.4 is 7.16 Å². The van der Waals surface area contributed by atoms with E-state index in [4.69, 9.17) is 0 Å². The molecule has 0 bridgehead atoms. The first-order valence-electron chi connectivity index (χ1n) is 8.20. The average molecular weight is 427 g/mol. The Morgan fingerprint density at radius 3 is 1.36 bits per heavy atom. The molecule has 0 spiro atoms. The molecule has 0 N–H and O–H groups in total. The van der Waals surface area contributed by atoms with Gasteiger partial charge in [-0.3, -0.25) is 0 Å². The molecule has 0 unspecified atom stereocenters. The third-order valence-electron chi connectivity index (χ3n) is 4.01. The van der Waals surface area contributed by atoms with Crippen LogP contribution in [0.2, 0.25) is 0 Å². The van der Waals surface area contributed by atoms with E-state index in [2.05, 4.69) is 70.6 Å². The zero-order valence-corrected chi connectivity index (χ0v) is 16.5. The Hall–Kier alpha value is -2.46. The summed E-state index contributed by atoms with van der Waals surface area (Å²) in [5, 5.41) is 0. The molecule has 0 aliphatic heterocycles. The zero-order chi connectivity index (χ0) is 16.9. The van der Waals surface area contributed by atoms with Crippen molar-refractivity contribution < 1.29 is 0 Å². The van der Waals surface area contributed by atoms with Crippen molar-refractivity contribution in [3.63, 3.8) is 0 Å². The molecule has 0 saturated heterocycles. The molecule has 3 heteroatoms. The SMILES string of the molecule is c1ccc(-c2cccc[c]2[Sn][c]2ccccc2-c2ccccn2)nc1. The van der Waals surface area contributed by atoms with Crippen LogP contribution in [0.1, 0.15) is 0 Å². The first-order valence-corrected chi connectivity index (χ1v) is 11.0. The number of nitrogens with zero attached hydrogens (tertiary/aromatic N) is 2. The van der Waals surface area contributed by atoms with E-state index in [0.29, 0.717) is 0 Å². The van der Waals surface area contributed by atoms with Gasteiger partial charge in [0.25, 0.3) is 0 Å². The van der Waals surface area contributed by atoms with Crippen LogP contribution in [0.25, 0.3) is 22.5 Å². The van der Waals surface area contributed by atoms with Crippen LogP contribution in [-0.2, 0) is 0 Å². The standard InChI is InChI=1S/2C11H8N.Sn/c2*1-2-6-10(7-3-1)11-8-4-5-9-12-11;/h2*1-6,8-9H;. The summed E-state index contributed by atoms with van der Waals surface area (Å²) >= 11 is -0.997. The van der Waals surface area contributed by atoms with Crippen LogP contribution in [0.15, 0.2) is 97.3 Å². The second-order valence-corrected chi connectivity index (χ2v) is 9.43. The Balaban J connectivity index is 1.76. The molecule has 2 radical (unpaired) electrons. The van der Waals surface area contributed by atoms with E-state index < -0.39 is 21.1 Å². The second kappa shape index (κ2) is 7.62. The van der Waals surface area contributed by atoms with Gasteiger partial charge in [-0.05, 0) is 0 Å². The fraction of sp³-hybridized carbons (Fsp3) is 0. The summed E-state index contributed by atoms with van der Waals surface area (Å²) in [5.41, 5.74) is 4.61. The number of hydrogen-bond donors (Lipinski definition) is 0. The molecular weight excluding hydrogens is 411 g/mol. The topological polar surface area (TPSA) is 25.8 Å². The molecule has 0 atom stereocenters. The van der Waals surface area contributed by atoms with Gasteiger partial charge in [0.2, 0.25) is 0 Å². The second-order valence-electron chi connectivity index (χ2n) is 5.65. The number of pyridine rings is 2. The molecule has 0 saturated carbocycles. The summed E-state index contributed by atoms with van der Waals surface area (Å²) in [4.78, 5) is 9.09. The molecule has 4 rings (SSSR count). The summed E-state index contributed by atoms with van der Waals surface area (Å²) in [7, 11) is 0. The summed E-state index contributed by atoms with van der Waals surface area (Å²) < 4.78 is 2.88. The molecule has 2 aromatic carbocycles. The molecule has 0 amide bonds. The van der Waals surface area contributed by atoms with Crippen LogP contribution in [0.3, 0.4) is 0 Å². The van der Waals surface area contributed by atoms with Crippen LogP contribution in [0.4, 0.5) is 0 Å². The molecule has 4 aromatic rings.